The molecule has 6 nitrogen and oxygen atoms in total. The Morgan fingerprint density at radius 2 is 1.48 bits per heavy atom. The number of anilines is 2. The van der Waals surface area contributed by atoms with Crippen LogP contribution in [0.1, 0.15) is 10.4 Å². The van der Waals surface area contributed by atoms with E-state index in [1.165, 1.54) is 24.3 Å². The van der Waals surface area contributed by atoms with E-state index in [9.17, 15) is 27.2 Å². The van der Waals surface area contributed by atoms with Crippen LogP contribution in [-0.2, 0) is 9.53 Å². The second-order valence-corrected chi connectivity index (χ2v) is 6.32. The molecule has 0 spiro atoms. The maximum absolute atomic E-state index is 13.7. The minimum atomic E-state index is -2.06. The lowest BCUT2D eigenvalue weighted by Gasteiger charge is -2.25. The van der Waals surface area contributed by atoms with Gasteiger partial charge in [-0.25, -0.2) is 17.6 Å². The number of nitrogens with zero attached hydrogens (tertiary/aromatic N) is 1. The van der Waals surface area contributed by atoms with E-state index >= 15 is 0 Å². The number of nitrogens with one attached hydrogen (secondary N) is 2. The van der Waals surface area contributed by atoms with E-state index in [0.29, 0.717) is 32.0 Å². The Bertz CT molecular complexity index is 916. The summed E-state index contributed by atoms with van der Waals surface area (Å²) in [5, 5.41) is 4.95. The Morgan fingerprint density at radius 1 is 0.897 bits per heavy atom. The lowest BCUT2D eigenvalue weighted by Crippen LogP contribution is -2.41. The van der Waals surface area contributed by atoms with Crippen molar-refractivity contribution in [1.29, 1.82) is 0 Å². The van der Waals surface area contributed by atoms with Crippen LogP contribution in [-0.4, -0.2) is 49.6 Å². The van der Waals surface area contributed by atoms with E-state index in [-0.39, 0.29) is 24.2 Å². The molecule has 1 fully saturated rings. The minimum absolute atomic E-state index is 0.186. The zero-order valence-corrected chi connectivity index (χ0v) is 15.1. The van der Waals surface area contributed by atoms with Gasteiger partial charge in [0.1, 0.15) is 0 Å². The van der Waals surface area contributed by atoms with Gasteiger partial charge in [-0.2, -0.15) is 0 Å². The second-order valence-electron chi connectivity index (χ2n) is 6.32. The van der Waals surface area contributed by atoms with Crippen molar-refractivity contribution in [2.45, 2.75) is 0 Å². The van der Waals surface area contributed by atoms with Crippen LogP contribution in [0.25, 0.3) is 0 Å². The average molecular weight is 411 g/mol. The van der Waals surface area contributed by atoms with Crippen LogP contribution in [0.5, 0.6) is 0 Å². The number of carbonyl (C=O) groups is 2. The molecule has 2 N–H and O–H groups in total. The highest BCUT2D eigenvalue weighted by Crippen LogP contribution is 2.21. The van der Waals surface area contributed by atoms with Gasteiger partial charge in [-0.15, -0.1) is 0 Å². The number of carbonyl (C=O) groups excluding carboxylic acids is 2. The fourth-order valence-electron chi connectivity index (χ4n) is 2.74. The van der Waals surface area contributed by atoms with Crippen LogP contribution in [0.4, 0.5) is 28.9 Å². The van der Waals surface area contributed by atoms with E-state index in [2.05, 4.69) is 10.6 Å². The Balaban J connectivity index is 1.60. The van der Waals surface area contributed by atoms with Crippen molar-refractivity contribution in [3.8, 4) is 0 Å². The van der Waals surface area contributed by atoms with Gasteiger partial charge in [0.15, 0.2) is 23.3 Å². The fourth-order valence-corrected chi connectivity index (χ4v) is 2.74. The predicted molar refractivity (Wildman–Crippen MR) is 96.6 cm³/mol. The molecule has 1 saturated heterocycles. The zero-order chi connectivity index (χ0) is 21.0. The molecule has 29 heavy (non-hydrogen) atoms. The molecule has 0 bridgehead atoms. The molecule has 1 aliphatic rings. The summed E-state index contributed by atoms with van der Waals surface area (Å²) in [5.74, 6) is -8.88. The summed E-state index contributed by atoms with van der Waals surface area (Å²) >= 11 is 0. The summed E-state index contributed by atoms with van der Waals surface area (Å²) in [5.41, 5.74) is -0.318. The van der Waals surface area contributed by atoms with Crippen LogP contribution in [0.3, 0.4) is 0 Å². The summed E-state index contributed by atoms with van der Waals surface area (Å²) in [4.78, 5) is 26.0. The Morgan fingerprint density at radius 3 is 2.10 bits per heavy atom. The fraction of sp³-hybridized carbons (Fsp3) is 0.263. The second kappa shape index (κ2) is 9.01. The third-order valence-corrected chi connectivity index (χ3v) is 4.24. The molecular formula is C19H17F4N3O3. The largest absolute Gasteiger partial charge is 0.379 e. The number of benzene rings is 2. The summed E-state index contributed by atoms with van der Waals surface area (Å²) in [6, 6.07) is 6.10. The first kappa shape index (κ1) is 20.7. The van der Waals surface area contributed by atoms with E-state index in [0.717, 1.165) is 0 Å². The van der Waals surface area contributed by atoms with Crippen LogP contribution in [0, 0.1) is 23.3 Å². The van der Waals surface area contributed by atoms with Crippen molar-refractivity contribution in [3.63, 3.8) is 0 Å². The first-order valence-electron chi connectivity index (χ1n) is 8.69. The van der Waals surface area contributed by atoms with Gasteiger partial charge in [-0.05, 0) is 30.3 Å². The van der Waals surface area contributed by atoms with E-state index in [1.54, 1.807) is 0 Å². The smallest absolute Gasteiger partial charge is 0.258 e. The molecule has 2 aromatic carbocycles. The molecule has 0 radical (unpaired) electrons. The minimum Gasteiger partial charge on any atom is -0.379 e. The highest BCUT2D eigenvalue weighted by molar-refractivity contribution is 6.04. The van der Waals surface area contributed by atoms with Gasteiger partial charge < -0.3 is 15.4 Å². The van der Waals surface area contributed by atoms with Crippen molar-refractivity contribution in [2.75, 3.05) is 43.5 Å². The molecule has 1 aliphatic heterocycles. The Labute approximate surface area is 163 Å². The normalized spacial score (nSPS) is 14.5. The topological polar surface area (TPSA) is 70.7 Å². The highest BCUT2D eigenvalue weighted by atomic mass is 19.2. The molecule has 0 saturated carbocycles. The quantitative estimate of drug-likeness (QED) is 0.451. The van der Waals surface area contributed by atoms with Crippen LogP contribution < -0.4 is 10.6 Å². The molecule has 0 aliphatic carbocycles. The van der Waals surface area contributed by atoms with Crippen molar-refractivity contribution < 1.29 is 31.9 Å². The molecule has 0 aromatic heterocycles. The number of amides is 2. The first-order valence-corrected chi connectivity index (χ1v) is 8.69. The highest BCUT2D eigenvalue weighted by Gasteiger charge is 2.23. The number of hydrogen-bond donors (Lipinski definition) is 2. The van der Waals surface area contributed by atoms with Crippen molar-refractivity contribution in [3.05, 3.63) is 59.2 Å². The summed E-state index contributed by atoms with van der Waals surface area (Å²) in [6.07, 6.45) is 0. The van der Waals surface area contributed by atoms with E-state index in [4.69, 9.17) is 4.74 Å². The summed E-state index contributed by atoms with van der Waals surface area (Å²) < 4.78 is 58.4. The monoisotopic (exact) mass is 411 g/mol. The van der Waals surface area contributed by atoms with Gasteiger partial charge in [0, 0.05) is 24.5 Å². The summed E-state index contributed by atoms with van der Waals surface area (Å²) in [6.45, 7) is 2.69. The zero-order valence-electron chi connectivity index (χ0n) is 15.1. The van der Waals surface area contributed by atoms with Crippen molar-refractivity contribution in [1.82, 2.24) is 4.90 Å². The molecule has 154 valence electrons. The number of morpholine rings is 1. The Kier molecular flexibility index (Phi) is 6.45. The van der Waals surface area contributed by atoms with Crippen molar-refractivity contribution in [2.24, 2.45) is 0 Å². The standard InChI is InChI=1S/C19H17F4N3O3/c20-14-9-13(16(21)18(23)17(14)22)19(28)25-12-3-1-11(2-4-12)24-15(27)10-26-5-7-29-8-6-26/h1-4,9H,5-8,10H2,(H,24,27)(H,25,28). The van der Waals surface area contributed by atoms with E-state index in [1.807, 2.05) is 4.90 Å². The third kappa shape index (κ3) is 5.09. The number of rotatable bonds is 5. The maximum atomic E-state index is 13.7. The Hall–Kier alpha value is -2.98. The van der Waals surface area contributed by atoms with Crippen molar-refractivity contribution >= 4 is 23.2 Å². The van der Waals surface area contributed by atoms with Gasteiger partial charge >= 0.3 is 0 Å². The molecule has 2 aromatic rings. The number of ether oxygens (including phenoxy) is 1. The van der Waals surface area contributed by atoms with Crippen LogP contribution >= 0.6 is 0 Å². The average Bonchev–Trinajstić information content (AvgIpc) is 2.71. The maximum Gasteiger partial charge on any atom is 0.258 e. The molecule has 0 unspecified atom stereocenters. The van der Waals surface area contributed by atoms with Crippen LogP contribution in [0.15, 0.2) is 30.3 Å². The lowest BCUT2D eigenvalue weighted by atomic mass is 10.1. The summed E-state index contributed by atoms with van der Waals surface area (Å²) in [7, 11) is 0. The molecule has 0 atom stereocenters. The van der Waals surface area contributed by atoms with E-state index < -0.39 is 34.7 Å². The van der Waals surface area contributed by atoms with Gasteiger partial charge in [-0.3, -0.25) is 14.5 Å². The predicted octanol–water partition coefficient (Wildman–Crippen LogP) is 2.77. The van der Waals surface area contributed by atoms with Gasteiger partial charge in [0.05, 0.1) is 25.3 Å². The molecular weight excluding hydrogens is 394 g/mol. The SMILES string of the molecule is O=C(CN1CCOCC1)Nc1ccc(NC(=O)c2cc(F)c(F)c(F)c2F)cc1. The molecule has 1 heterocycles. The molecule has 3 rings (SSSR count). The third-order valence-electron chi connectivity index (χ3n) is 4.24. The number of hydrogen-bond acceptors (Lipinski definition) is 4. The van der Waals surface area contributed by atoms with Crippen LogP contribution in [0.2, 0.25) is 0 Å². The molecule has 2 amide bonds. The first-order chi connectivity index (χ1) is 13.8. The lowest BCUT2D eigenvalue weighted by molar-refractivity contribution is -0.118. The van der Waals surface area contributed by atoms with Gasteiger partial charge in [-0.1, -0.05) is 0 Å². The number of halogens is 4. The van der Waals surface area contributed by atoms with Gasteiger partial charge in [0.25, 0.3) is 5.91 Å². The molecule has 10 heteroatoms. The van der Waals surface area contributed by atoms with Gasteiger partial charge in [0.2, 0.25) is 5.91 Å².